The van der Waals surface area contributed by atoms with Crippen molar-refractivity contribution in [2.75, 3.05) is 0 Å². The molecule has 0 aliphatic carbocycles. The quantitative estimate of drug-likeness (QED) is 0.700. The number of aldehydes is 1. The van der Waals surface area contributed by atoms with Crippen LogP contribution in [0.25, 0.3) is 11.5 Å². The van der Waals surface area contributed by atoms with Crippen LogP contribution in [0.4, 0.5) is 0 Å². The van der Waals surface area contributed by atoms with E-state index in [-0.39, 0.29) is 0 Å². The number of nitrogens with zero attached hydrogens (tertiary/aromatic N) is 2. The van der Waals surface area contributed by atoms with Gasteiger partial charge in [0, 0.05) is 18.0 Å². The van der Waals surface area contributed by atoms with Gasteiger partial charge in [0.1, 0.15) is 5.76 Å². The molecule has 2 rings (SSSR count). The summed E-state index contributed by atoms with van der Waals surface area (Å²) in [6, 6.07) is 1.70. The molecule has 0 fully saturated rings. The fraction of sp³-hybridized carbons (Fsp3) is 0.182. The molecule has 0 unspecified atom stereocenters. The van der Waals surface area contributed by atoms with Crippen LogP contribution in [-0.2, 0) is 0 Å². The Balaban J connectivity index is 2.48. The predicted molar refractivity (Wildman–Crippen MR) is 54.6 cm³/mol. The summed E-state index contributed by atoms with van der Waals surface area (Å²) >= 11 is 0. The van der Waals surface area contributed by atoms with Crippen LogP contribution in [0, 0.1) is 13.8 Å². The molecule has 0 radical (unpaired) electrons. The minimum atomic E-state index is 0.501. The second-order valence-corrected chi connectivity index (χ2v) is 3.29. The van der Waals surface area contributed by atoms with Crippen LogP contribution in [0.15, 0.2) is 22.9 Å². The van der Waals surface area contributed by atoms with Gasteiger partial charge in [-0.3, -0.25) is 9.78 Å². The van der Waals surface area contributed by atoms with Crippen molar-refractivity contribution in [3.63, 3.8) is 0 Å². The maximum Gasteiger partial charge on any atom is 0.228 e. The molecule has 4 nitrogen and oxygen atoms in total. The Morgan fingerprint density at radius 2 is 2.13 bits per heavy atom. The van der Waals surface area contributed by atoms with Gasteiger partial charge < -0.3 is 4.42 Å². The molecule has 0 N–H and O–H groups in total. The molecule has 0 amide bonds. The lowest BCUT2D eigenvalue weighted by molar-refractivity contribution is 0.112. The Kier molecular flexibility index (Phi) is 2.33. The zero-order valence-electron chi connectivity index (χ0n) is 8.52. The summed E-state index contributed by atoms with van der Waals surface area (Å²) in [6.07, 6.45) is 3.87. The summed E-state index contributed by atoms with van der Waals surface area (Å²) in [5, 5.41) is 0. The van der Waals surface area contributed by atoms with Crippen LogP contribution < -0.4 is 0 Å². The van der Waals surface area contributed by atoms with Crippen LogP contribution in [0.1, 0.15) is 21.8 Å². The van der Waals surface area contributed by atoms with Gasteiger partial charge in [0.2, 0.25) is 5.89 Å². The number of aryl methyl sites for hydroxylation is 2. The molecule has 0 aromatic carbocycles. The third-order valence-corrected chi connectivity index (χ3v) is 2.17. The first-order chi connectivity index (χ1) is 7.20. The fourth-order valence-corrected chi connectivity index (χ4v) is 1.24. The Morgan fingerprint density at radius 3 is 2.73 bits per heavy atom. The monoisotopic (exact) mass is 202 g/mol. The van der Waals surface area contributed by atoms with E-state index in [2.05, 4.69) is 9.97 Å². The molecule has 2 aromatic heterocycles. The number of oxazole rings is 1. The summed E-state index contributed by atoms with van der Waals surface area (Å²) in [7, 11) is 0. The number of rotatable bonds is 2. The van der Waals surface area contributed by atoms with Crippen molar-refractivity contribution < 1.29 is 9.21 Å². The van der Waals surface area contributed by atoms with Gasteiger partial charge in [-0.05, 0) is 19.9 Å². The van der Waals surface area contributed by atoms with Gasteiger partial charge in [-0.15, -0.1) is 0 Å². The third-order valence-electron chi connectivity index (χ3n) is 2.17. The van der Waals surface area contributed by atoms with Crippen LogP contribution in [0.2, 0.25) is 0 Å². The van der Waals surface area contributed by atoms with Gasteiger partial charge in [-0.1, -0.05) is 0 Å². The number of hydrogen-bond acceptors (Lipinski definition) is 4. The standard InChI is InChI=1S/C11H10N2O2/c1-7-8(2)15-11(13-7)10-3-9(6-14)4-12-5-10/h3-6H,1-2H3. The van der Waals surface area contributed by atoms with Gasteiger partial charge in [-0.25, -0.2) is 4.98 Å². The molecule has 15 heavy (non-hydrogen) atoms. The zero-order chi connectivity index (χ0) is 10.8. The van der Waals surface area contributed by atoms with E-state index in [9.17, 15) is 4.79 Å². The molecule has 4 heteroatoms. The fourth-order valence-electron chi connectivity index (χ4n) is 1.24. The first-order valence-electron chi connectivity index (χ1n) is 4.55. The molecule has 0 spiro atoms. The number of hydrogen-bond donors (Lipinski definition) is 0. The first-order valence-corrected chi connectivity index (χ1v) is 4.55. The Hall–Kier alpha value is -1.97. The van der Waals surface area contributed by atoms with Crippen molar-refractivity contribution in [2.24, 2.45) is 0 Å². The molecule has 2 aromatic rings. The van der Waals surface area contributed by atoms with E-state index >= 15 is 0 Å². The summed E-state index contributed by atoms with van der Waals surface area (Å²) in [6.45, 7) is 3.72. The van der Waals surface area contributed by atoms with Crippen LogP contribution in [0.3, 0.4) is 0 Å². The van der Waals surface area contributed by atoms with Crippen molar-refractivity contribution in [3.05, 3.63) is 35.5 Å². The number of aromatic nitrogens is 2. The van der Waals surface area contributed by atoms with Gasteiger partial charge >= 0.3 is 0 Å². The summed E-state index contributed by atoms with van der Waals surface area (Å²) in [5.41, 5.74) is 2.08. The molecule has 0 bridgehead atoms. The lowest BCUT2D eigenvalue weighted by atomic mass is 10.2. The number of carbonyl (C=O) groups is 1. The Bertz CT molecular complexity index is 484. The highest BCUT2D eigenvalue weighted by molar-refractivity contribution is 5.76. The van der Waals surface area contributed by atoms with Crippen molar-refractivity contribution in [1.82, 2.24) is 9.97 Å². The Labute approximate surface area is 87.0 Å². The van der Waals surface area contributed by atoms with Gasteiger partial charge in [-0.2, -0.15) is 0 Å². The summed E-state index contributed by atoms with van der Waals surface area (Å²) < 4.78 is 5.43. The highest BCUT2D eigenvalue weighted by Gasteiger charge is 2.08. The average Bonchev–Trinajstić information content (AvgIpc) is 2.59. The number of carbonyl (C=O) groups excluding carboxylic acids is 1. The minimum absolute atomic E-state index is 0.501. The zero-order valence-corrected chi connectivity index (χ0v) is 8.52. The molecule has 0 saturated heterocycles. The lowest BCUT2D eigenvalue weighted by Gasteiger charge is -1.94. The van der Waals surface area contributed by atoms with Gasteiger partial charge in [0.05, 0.1) is 11.3 Å². The van der Waals surface area contributed by atoms with Crippen LogP contribution in [-0.4, -0.2) is 16.3 Å². The molecular formula is C11H10N2O2. The van der Waals surface area contributed by atoms with Crippen molar-refractivity contribution >= 4 is 6.29 Å². The Morgan fingerprint density at radius 1 is 1.33 bits per heavy atom. The van der Waals surface area contributed by atoms with E-state index < -0.39 is 0 Å². The largest absolute Gasteiger partial charge is 0.441 e. The first kappa shape index (κ1) is 9.58. The summed E-state index contributed by atoms with van der Waals surface area (Å²) in [5.74, 6) is 1.28. The molecule has 0 aliphatic heterocycles. The third kappa shape index (κ3) is 1.79. The second-order valence-electron chi connectivity index (χ2n) is 3.29. The molecule has 2 heterocycles. The SMILES string of the molecule is Cc1nc(-c2cncc(C=O)c2)oc1C. The highest BCUT2D eigenvalue weighted by Crippen LogP contribution is 2.20. The number of pyridine rings is 1. The van der Waals surface area contributed by atoms with Crippen molar-refractivity contribution in [3.8, 4) is 11.5 Å². The van der Waals surface area contributed by atoms with E-state index in [1.165, 1.54) is 6.20 Å². The lowest BCUT2D eigenvalue weighted by Crippen LogP contribution is -1.85. The predicted octanol–water partition coefficient (Wildman–Crippen LogP) is 2.17. The molecule has 0 saturated carbocycles. The highest BCUT2D eigenvalue weighted by atomic mass is 16.4. The van der Waals surface area contributed by atoms with Crippen molar-refractivity contribution in [2.45, 2.75) is 13.8 Å². The maximum atomic E-state index is 10.6. The average molecular weight is 202 g/mol. The molecular weight excluding hydrogens is 192 g/mol. The van der Waals surface area contributed by atoms with Gasteiger partial charge in [0.15, 0.2) is 6.29 Å². The van der Waals surface area contributed by atoms with Gasteiger partial charge in [0.25, 0.3) is 0 Å². The normalized spacial score (nSPS) is 10.3. The van der Waals surface area contributed by atoms with E-state index in [0.717, 1.165) is 23.3 Å². The van der Waals surface area contributed by atoms with E-state index in [1.54, 1.807) is 12.3 Å². The molecule has 0 atom stereocenters. The van der Waals surface area contributed by atoms with Crippen LogP contribution >= 0.6 is 0 Å². The minimum Gasteiger partial charge on any atom is -0.441 e. The second kappa shape index (κ2) is 3.65. The van der Waals surface area contributed by atoms with E-state index in [4.69, 9.17) is 4.42 Å². The van der Waals surface area contributed by atoms with Crippen molar-refractivity contribution in [1.29, 1.82) is 0 Å². The molecule has 76 valence electrons. The molecule has 0 aliphatic rings. The van der Waals surface area contributed by atoms with Crippen LogP contribution in [0.5, 0.6) is 0 Å². The smallest absolute Gasteiger partial charge is 0.228 e. The van der Waals surface area contributed by atoms with E-state index in [1.807, 2.05) is 13.8 Å². The topological polar surface area (TPSA) is 56.0 Å². The summed E-state index contributed by atoms with van der Waals surface area (Å²) in [4.78, 5) is 18.7. The van der Waals surface area contributed by atoms with E-state index in [0.29, 0.717) is 11.5 Å². The maximum absolute atomic E-state index is 10.6.